The molecule has 1 aromatic heterocycles. The normalized spacial score (nSPS) is 19.4. The first-order valence-corrected chi connectivity index (χ1v) is 7.81. The minimum atomic E-state index is 0.154. The van der Waals surface area contributed by atoms with E-state index in [1.165, 1.54) is 11.3 Å². The molecule has 1 amide bonds. The number of nitrogens with zero attached hydrogens (tertiary/aromatic N) is 1. The summed E-state index contributed by atoms with van der Waals surface area (Å²) in [6.07, 6.45) is 2.03. The molecule has 2 heterocycles. The average molecular weight is 337 g/mol. The zero-order valence-corrected chi connectivity index (χ0v) is 12.8. The molecule has 0 radical (unpaired) electrons. The summed E-state index contributed by atoms with van der Waals surface area (Å²) >= 11 is 11.0. The molecule has 1 aromatic rings. The first-order valence-electron chi connectivity index (χ1n) is 5.76. The van der Waals surface area contributed by atoms with Crippen LogP contribution in [0.5, 0.6) is 0 Å². The van der Waals surface area contributed by atoms with Crippen LogP contribution in [0.3, 0.4) is 0 Å². The van der Waals surface area contributed by atoms with Gasteiger partial charge in [0.05, 0.1) is 8.66 Å². The van der Waals surface area contributed by atoms with Crippen molar-refractivity contribution < 1.29 is 4.79 Å². The van der Waals surface area contributed by atoms with Crippen LogP contribution in [0.2, 0.25) is 0 Å². The van der Waals surface area contributed by atoms with Crippen LogP contribution in [0.15, 0.2) is 15.9 Å². The molecule has 2 nitrogen and oxygen atoms in total. The molecule has 94 valence electrons. The molecule has 1 unspecified atom stereocenters. The van der Waals surface area contributed by atoms with E-state index in [2.05, 4.69) is 15.9 Å². The second kappa shape index (κ2) is 5.72. The van der Waals surface area contributed by atoms with Gasteiger partial charge in [0.1, 0.15) is 0 Å². The fourth-order valence-corrected chi connectivity index (χ4v) is 3.75. The van der Waals surface area contributed by atoms with E-state index in [1.54, 1.807) is 0 Å². The third-order valence-electron chi connectivity index (χ3n) is 3.26. The summed E-state index contributed by atoms with van der Waals surface area (Å²) in [5.41, 5.74) is 0. The Bertz CT molecular complexity index is 399. The van der Waals surface area contributed by atoms with Crippen molar-refractivity contribution in [1.82, 2.24) is 4.90 Å². The molecule has 2 rings (SSSR count). The van der Waals surface area contributed by atoms with E-state index in [4.69, 9.17) is 11.6 Å². The first kappa shape index (κ1) is 13.4. The third kappa shape index (κ3) is 3.24. The zero-order valence-electron chi connectivity index (χ0n) is 9.66. The molecule has 0 saturated carbocycles. The van der Waals surface area contributed by atoms with Crippen molar-refractivity contribution in [2.75, 3.05) is 13.1 Å². The van der Waals surface area contributed by atoms with E-state index in [9.17, 15) is 4.79 Å². The number of hydrogen-bond acceptors (Lipinski definition) is 2. The van der Waals surface area contributed by atoms with Crippen LogP contribution in [0.4, 0.5) is 0 Å². The Morgan fingerprint density at radius 1 is 1.53 bits per heavy atom. The fourth-order valence-electron chi connectivity index (χ4n) is 2.15. The number of alkyl halides is 1. The molecule has 0 spiro atoms. The molecule has 0 aliphatic carbocycles. The van der Waals surface area contributed by atoms with Crippen molar-refractivity contribution in [3.8, 4) is 0 Å². The number of rotatable bonds is 2. The van der Waals surface area contributed by atoms with Crippen LogP contribution in [0.25, 0.3) is 0 Å². The Labute approximate surface area is 119 Å². The highest BCUT2D eigenvalue weighted by Gasteiger charge is 2.26. The summed E-state index contributed by atoms with van der Waals surface area (Å²) in [5.74, 6) is 0.706. The van der Waals surface area contributed by atoms with Crippen LogP contribution in [0.1, 0.15) is 29.4 Å². The summed E-state index contributed by atoms with van der Waals surface area (Å²) in [4.78, 5) is 14.9. The number of hydrogen-bond donors (Lipinski definition) is 0. The maximum atomic E-state index is 12.2. The van der Waals surface area contributed by atoms with E-state index in [1.807, 2.05) is 24.0 Å². The van der Waals surface area contributed by atoms with Crippen molar-refractivity contribution in [3.63, 3.8) is 0 Å². The van der Waals surface area contributed by atoms with Gasteiger partial charge in [-0.2, -0.15) is 0 Å². The van der Waals surface area contributed by atoms with Gasteiger partial charge in [-0.05, 0) is 53.7 Å². The largest absolute Gasteiger partial charge is 0.338 e. The number of thiophene rings is 1. The number of carbonyl (C=O) groups excluding carboxylic acids is 1. The van der Waals surface area contributed by atoms with Crippen molar-refractivity contribution >= 4 is 44.8 Å². The van der Waals surface area contributed by atoms with E-state index in [0.29, 0.717) is 5.92 Å². The molecule has 1 aliphatic heterocycles. The molecule has 1 atom stereocenters. The fraction of sp³-hybridized carbons (Fsp3) is 0.583. The molecule has 1 fully saturated rings. The van der Waals surface area contributed by atoms with Gasteiger partial charge in [-0.3, -0.25) is 4.79 Å². The van der Waals surface area contributed by atoms with Crippen LogP contribution in [-0.4, -0.2) is 29.3 Å². The number of halogens is 2. The molecule has 1 aliphatic rings. The molecule has 1 saturated heterocycles. The number of carbonyl (C=O) groups is 1. The standard InChI is InChI=1S/C12H15BrClNOS/c1-8(14)9-4-6-15(7-5-9)12(16)10-2-3-11(13)17-10/h2-3,8-9H,4-7H2,1H3. The van der Waals surface area contributed by atoms with Crippen molar-refractivity contribution in [3.05, 3.63) is 20.8 Å². The average Bonchev–Trinajstić information content (AvgIpc) is 2.75. The topological polar surface area (TPSA) is 20.3 Å². The smallest absolute Gasteiger partial charge is 0.263 e. The SMILES string of the molecule is CC(Cl)C1CCN(C(=O)c2ccc(Br)s2)CC1. The van der Waals surface area contributed by atoms with Gasteiger partial charge in [0.25, 0.3) is 5.91 Å². The molecule has 0 bridgehead atoms. The third-order valence-corrected chi connectivity index (χ3v) is 5.23. The minimum Gasteiger partial charge on any atom is -0.338 e. The summed E-state index contributed by atoms with van der Waals surface area (Å²) in [5, 5.41) is 0.211. The van der Waals surface area contributed by atoms with Gasteiger partial charge in [0, 0.05) is 18.5 Å². The molecule has 0 N–H and O–H groups in total. The van der Waals surface area contributed by atoms with Gasteiger partial charge in [0.2, 0.25) is 0 Å². The maximum Gasteiger partial charge on any atom is 0.263 e. The predicted molar refractivity (Wildman–Crippen MR) is 76.0 cm³/mol. The molecule has 5 heteroatoms. The van der Waals surface area contributed by atoms with E-state index in [0.717, 1.165) is 34.6 Å². The second-order valence-electron chi connectivity index (χ2n) is 4.41. The van der Waals surface area contributed by atoms with Gasteiger partial charge >= 0.3 is 0 Å². The van der Waals surface area contributed by atoms with Crippen molar-refractivity contribution in [2.24, 2.45) is 5.92 Å². The Kier molecular flexibility index (Phi) is 4.50. The van der Waals surface area contributed by atoms with Crippen LogP contribution in [0, 0.1) is 5.92 Å². The van der Waals surface area contributed by atoms with Gasteiger partial charge in [-0.15, -0.1) is 22.9 Å². The minimum absolute atomic E-state index is 0.154. The van der Waals surface area contributed by atoms with Gasteiger partial charge in [-0.25, -0.2) is 0 Å². The molecular formula is C12H15BrClNOS. The zero-order chi connectivity index (χ0) is 12.4. The predicted octanol–water partition coefficient (Wildman–Crippen LogP) is 3.99. The highest BCUT2D eigenvalue weighted by atomic mass is 79.9. The Balaban J connectivity index is 1.95. The Hall–Kier alpha value is -0.0600. The van der Waals surface area contributed by atoms with E-state index >= 15 is 0 Å². The lowest BCUT2D eigenvalue weighted by Crippen LogP contribution is -2.39. The lowest BCUT2D eigenvalue weighted by molar-refractivity contribution is 0.0695. The first-order chi connectivity index (χ1) is 8.08. The molecule has 0 aromatic carbocycles. The molecular weight excluding hydrogens is 322 g/mol. The van der Waals surface area contributed by atoms with Crippen molar-refractivity contribution in [1.29, 1.82) is 0 Å². The number of amides is 1. The highest BCUT2D eigenvalue weighted by Crippen LogP contribution is 2.27. The van der Waals surface area contributed by atoms with Crippen LogP contribution >= 0.6 is 38.9 Å². The van der Waals surface area contributed by atoms with Crippen molar-refractivity contribution in [2.45, 2.75) is 25.1 Å². The quantitative estimate of drug-likeness (QED) is 0.748. The van der Waals surface area contributed by atoms with E-state index < -0.39 is 0 Å². The van der Waals surface area contributed by atoms with E-state index in [-0.39, 0.29) is 11.3 Å². The Morgan fingerprint density at radius 3 is 2.65 bits per heavy atom. The van der Waals surface area contributed by atoms with Gasteiger partial charge in [-0.1, -0.05) is 0 Å². The van der Waals surface area contributed by atoms with Gasteiger partial charge in [0.15, 0.2) is 0 Å². The second-order valence-corrected chi connectivity index (χ2v) is 7.56. The monoisotopic (exact) mass is 335 g/mol. The summed E-state index contributed by atoms with van der Waals surface area (Å²) in [6.45, 7) is 3.70. The van der Waals surface area contributed by atoms with Gasteiger partial charge < -0.3 is 4.90 Å². The maximum absolute atomic E-state index is 12.2. The number of piperidine rings is 1. The lowest BCUT2D eigenvalue weighted by Gasteiger charge is -2.32. The summed E-state index contributed by atoms with van der Waals surface area (Å²) < 4.78 is 1.00. The summed E-state index contributed by atoms with van der Waals surface area (Å²) in [6, 6.07) is 3.80. The Morgan fingerprint density at radius 2 is 2.18 bits per heavy atom. The number of likely N-dealkylation sites (tertiary alicyclic amines) is 1. The van der Waals surface area contributed by atoms with Crippen LogP contribution < -0.4 is 0 Å². The summed E-state index contributed by atoms with van der Waals surface area (Å²) in [7, 11) is 0. The lowest BCUT2D eigenvalue weighted by atomic mass is 9.94. The highest BCUT2D eigenvalue weighted by molar-refractivity contribution is 9.11. The molecule has 17 heavy (non-hydrogen) atoms. The van der Waals surface area contributed by atoms with Crippen LogP contribution in [-0.2, 0) is 0 Å².